The van der Waals surface area contributed by atoms with Gasteiger partial charge in [0.2, 0.25) is 5.79 Å². The number of hydrogen-bond donors (Lipinski definition) is 5. The maximum Gasteiger partial charge on any atom is 0.221 e. The molecular formula is C32H31N9O10Re-6. The molecule has 4 aromatic rings. The van der Waals surface area contributed by atoms with E-state index in [0.29, 0.717) is 11.5 Å². The van der Waals surface area contributed by atoms with E-state index < -0.39 is 37.0 Å². The summed E-state index contributed by atoms with van der Waals surface area (Å²) in [5.74, 6) is -2.38. The Labute approximate surface area is 309 Å². The molecule has 3 aliphatic rings. The van der Waals surface area contributed by atoms with Gasteiger partial charge in [-0.2, -0.15) is 12.4 Å². The summed E-state index contributed by atoms with van der Waals surface area (Å²) < 4.78 is 12.0. The van der Waals surface area contributed by atoms with Gasteiger partial charge in [0.05, 0.1) is 31.8 Å². The number of allylic oxidation sites excluding steroid dienone is 2. The molecule has 0 amide bonds. The van der Waals surface area contributed by atoms with Crippen molar-refractivity contribution in [1.82, 2.24) is 35.6 Å². The first-order valence-electron chi connectivity index (χ1n) is 14.5. The molecule has 0 spiro atoms. The van der Waals surface area contributed by atoms with Gasteiger partial charge in [0.15, 0.2) is 6.29 Å². The van der Waals surface area contributed by atoms with E-state index in [2.05, 4.69) is 86.2 Å². The van der Waals surface area contributed by atoms with Crippen LogP contribution in [0.2, 0.25) is 0 Å². The van der Waals surface area contributed by atoms with E-state index in [-0.39, 0.29) is 33.6 Å². The molecule has 5 N–H and O–H groups in total. The smallest absolute Gasteiger partial charge is 0.221 e. The van der Waals surface area contributed by atoms with Crippen LogP contribution in [-0.2, 0) is 50.8 Å². The first-order chi connectivity index (χ1) is 24.8. The van der Waals surface area contributed by atoms with Crippen LogP contribution in [0.15, 0.2) is 67.1 Å². The number of aliphatic hydroxyl groups excluding tert-OH is 3. The second-order valence-corrected chi connectivity index (χ2v) is 10.1. The van der Waals surface area contributed by atoms with Crippen molar-refractivity contribution in [2.45, 2.75) is 36.9 Å². The molecule has 0 aliphatic carbocycles. The first-order valence-corrected chi connectivity index (χ1v) is 14.5. The zero-order valence-corrected chi connectivity index (χ0v) is 29.6. The van der Waals surface area contributed by atoms with Crippen LogP contribution >= 0.6 is 0 Å². The van der Waals surface area contributed by atoms with Gasteiger partial charge in [-0.05, 0) is 16.0 Å². The molecule has 0 saturated carbocycles. The quantitative estimate of drug-likeness (QED) is 0.0792. The second kappa shape index (κ2) is 21.3. The minimum atomic E-state index is -2.80. The van der Waals surface area contributed by atoms with Gasteiger partial charge in [-0.25, -0.2) is 9.78 Å². The van der Waals surface area contributed by atoms with Crippen LogP contribution in [0.4, 0.5) is 11.4 Å². The third kappa shape index (κ3) is 10.2. The number of hydrogen-bond acceptors (Lipinski definition) is 15. The van der Waals surface area contributed by atoms with E-state index in [4.69, 9.17) is 23.9 Å². The van der Waals surface area contributed by atoms with Gasteiger partial charge in [-0.3, -0.25) is 30.8 Å². The van der Waals surface area contributed by atoms with E-state index in [1.165, 1.54) is 4.68 Å². The van der Waals surface area contributed by atoms with E-state index in [1.54, 1.807) is 18.6 Å². The van der Waals surface area contributed by atoms with Crippen LogP contribution in [0.5, 0.6) is 0 Å². The average molecular weight is 888 g/mol. The Morgan fingerprint density at radius 2 is 1.44 bits per heavy atom. The number of aliphatic hydroxyl groups is 5. The van der Waals surface area contributed by atoms with Crippen molar-refractivity contribution in [2.24, 2.45) is 0 Å². The molecule has 5 heterocycles. The van der Waals surface area contributed by atoms with Gasteiger partial charge in [0.1, 0.15) is 24.0 Å². The monoisotopic (exact) mass is 888 g/mol. The molecule has 2 aromatic heterocycles. The van der Waals surface area contributed by atoms with Crippen molar-refractivity contribution in [1.29, 1.82) is 0 Å². The largest absolute Gasteiger partial charge is 0.665 e. The Balaban J connectivity index is 0.000000371. The molecule has 3 aliphatic heterocycles. The summed E-state index contributed by atoms with van der Waals surface area (Å²) in [6.45, 7) is 9.21. The van der Waals surface area contributed by atoms with Crippen LogP contribution < -0.4 is 15.7 Å². The van der Waals surface area contributed by atoms with Crippen molar-refractivity contribution < 1.29 is 69.8 Å². The standard InChI is InChI=1S/C17H20N7O7.C12H8N2.3CHO.Re/c25-8-12-17(28,29)14(27)13(26)16(31-12)30-6-5-24-7-11(18-23-24)9-1-3-10(4-2-9)15-19-21-22-20-15;1-3-9-5-6-10-4-2-8-14-12(10)11(9)13-7-1;3*1-2;/h1-4,7,12-14,16,25-29H,5-6,8H2;1-8H;3*1H;/q-1;-2;3*-1;/t12?,13?,14-,16-;;;;;/m1...../s1. The van der Waals surface area contributed by atoms with Crippen LogP contribution in [0.25, 0.3) is 45.4 Å². The number of benzene rings is 2. The van der Waals surface area contributed by atoms with Crippen LogP contribution in [0, 0.1) is 0 Å². The maximum atomic E-state index is 9.97. The van der Waals surface area contributed by atoms with Crippen molar-refractivity contribution in [3.8, 4) is 22.6 Å². The van der Waals surface area contributed by atoms with Gasteiger partial charge in [0.25, 0.3) is 0 Å². The van der Waals surface area contributed by atoms with Gasteiger partial charge in [-0.15, -0.1) is 16.5 Å². The first kappa shape index (κ1) is 43.0. The number of fused-ring (bicyclic) bond motifs is 3. The normalized spacial score (nSPS) is 19.6. The topological polar surface area (TPSA) is 282 Å². The summed E-state index contributed by atoms with van der Waals surface area (Å²) in [5, 5.41) is 82.1. The Hall–Kier alpha value is -5.14. The predicted octanol–water partition coefficient (Wildman–Crippen LogP) is -1.62. The van der Waals surface area contributed by atoms with Crippen molar-refractivity contribution in [3.63, 3.8) is 0 Å². The Morgan fingerprint density at radius 1 is 0.865 bits per heavy atom. The molecule has 19 nitrogen and oxygen atoms in total. The van der Waals surface area contributed by atoms with E-state index in [1.807, 2.05) is 36.4 Å². The number of rotatable bonds is 7. The molecule has 277 valence electrons. The molecule has 1 radical (unpaired) electrons. The SMILES string of the molecule is C1=C[N-]c2c3c(ccc2=C1)=CC=C[N-]3.OCC1O[C@@H](OCCn2cc(-c3ccc(-c4nn[n-]n4)cc3)nn2)C(O)[C@@H](O)C1(O)O.[CH-]=O.[CH-]=O.[CH-]=O.[Re]. The number of aromatic nitrogens is 7. The van der Waals surface area contributed by atoms with E-state index in [9.17, 15) is 25.5 Å². The molecule has 52 heavy (non-hydrogen) atoms. The maximum absolute atomic E-state index is 9.97. The van der Waals surface area contributed by atoms with Crippen molar-refractivity contribution >= 4 is 43.9 Å². The number of carbonyl (C=O) groups excluding carboxylic acids is 3. The minimum absolute atomic E-state index is 0. The molecule has 2 unspecified atom stereocenters. The summed E-state index contributed by atoms with van der Waals surface area (Å²) >= 11 is 0. The summed E-state index contributed by atoms with van der Waals surface area (Å²) in [7, 11) is 0. The third-order valence-electron chi connectivity index (χ3n) is 7.22. The second-order valence-electron chi connectivity index (χ2n) is 10.1. The predicted molar refractivity (Wildman–Crippen MR) is 178 cm³/mol. The zero-order chi connectivity index (χ0) is 37.4. The molecular weight excluding hydrogens is 857 g/mol. The molecule has 7 rings (SSSR count). The van der Waals surface area contributed by atoms with E-state index in [0.717, 1.165) is 32.9 Å². The molecule has 1 fully saturated rings. The Kier molecular flexibility index (Phi) is 17.6. The minimum Gasteiger partial charge on any atom is -0.665 e. The average Bonchev–Trinajstić information content (AvgIpc) is 3.91. The van der Waals surface area contributed by atoms with Crippen molar-refractivity contribution in [3.05, 3.63) is 88.2 Å². The van der Waals surface area contributed by atoms with Crippen molar-refractivity contribution in [2.75, 3.05) is 13.2 Å². The molecule has 20 heteroatoms. The van der Waals surface area contributed by atoms with E-state index >= 15 is 0 Å². The Bertz CT molecular complexity index is 1800. The number of tetrazole rings is 1. The van der Waals surface area contributed by atoms with Gasteiger partial charge in [-0.1, -0.05) is 65.9 Å². The summed E-state index contributed by atoms with van der Waals surface area (Å²) in [4.78, 5) is 23.2. The third-order valence-corrected chi connectivity index (χ3v) is 7.22. The van der Waals surface area contributed by atoms with Gasteiger partial charge in [0, 0.05) is 26.0 Å². The molecule has 0 bridgehead atoms. The fourth-order valence-corrected chi connectivity index (χ4v) is 4.78. The summed E-state index contributed by atoms with van der Waals surface area (Å²) in [5.41, 5.74) is 4.14. The van der Waals surface area contributed by atoms with Crippen LogP contribution in [0.3, 0.4) is 0 Å². The molecule has 1 saturated heterocycles. The number of nitrogens with zero attached hydrogens (tertiary/aromatic N) is 9. The fourth-order valence-electron chi connectivity index (χ4n) is 4.78. The summed E-state index contributed by atoms with van der Waals surface area (Å²) in [6.07, 6.45) is 6.68. The fraction of sp³-hybridized carbons (Fsp3) is 0.250. The zero-order valence-electron chi connectivity index (χ0n) is 26.8. The van der Waals surface area contributed by atoms with Crippen LogP contribution in [0.1, 0.15) is 0 Å². The Morgan fingerprint density at radius 3 is 1.98 bits per heavy atom. The number of ether oxygens (including phenoxy) is 2. The summed E-state index contributed by atoms with van der Waals surface area (Å²) in [6, 6.07) is 11.4. The van der Waals surface area contributed by atoms with Crippen LogP contribution in [-0.4, -0.2) is 120 Å². The molecule has 2 aromatic carbocycles. The van der Waals surface area contributed by atoms with Gasteiger partial charge < -0.3 is 65.1 Å². The van der Waals surface area contributed by atoms with Gasteiger partial charge >= 0.3 is 0 Å². The molecule has 4 atom stereocenters.